The van der Waals surface area contributed by atoms with Crippen molar-refractivity contribution in [2.24, 2.45) is 5.73 Å². The van der Waals surface area contributed by atoms with Gasteiger partial charge in [-0.2, -0.15) is 4.31 Å². The van der Waals surface area contributed by atoms with Crippen LogP contribution in [0, 0.1) is 0 Å². The van der Waals surface area contributed by atoms with Crippen molar-refractivity contribution in [3.05, 3.63) is 42.1 Å². The number of primary amides is 1. The highest BCUT2D eigenvalue weighted by Crippen LogP contribution is 2.36. The number of hydrogen-bond donors (Lipinski definition) is 4. The molecule has 5 N–H and O–H groups in total. The average Bonchev–Trinajstić information content (AvgIpc) is 3.12. The minimum atomic E-state index is -3.67. The van der Waals surface area contributed by atoms with E-state index in [9.17, 15) is 23.1 Å². The summed E-state index contributed by atoms with van der Waals surface area (Å²) in [7, 11) is -1.73. The fourth-order valence-electron chi connectivity index (χ4n) is 3.71. The fraction of sp³-hybridized carbons (Fsp3) is 0.286. The van der Waals surface area contributed by atoms with Crippen molar-refractivity contribution in [3.63, 3.8) is 0 Å². The Hall–Kier alpha value is -3.48. The summed E-state index contributed by atoms with van der Waals surface area (Å²) in [5, 5.41) is 13.4. The van der Waals surface area contributed by atoms with Gasteiger partial charge in [-0.25, -0.2) is 8.42 Å². The minimum absolute atomic E-state index is 0.0710. The molecule has 0 radical (unpaired) electrons. The van der Waals surface area contributed by atoms with Gasteiger partial charge in [-0.1, -0.05) is 0 Å². The molecule has 1 aliphatic rings. The minimum Gasteiger partial charge on any atom is -0.494 e. The summed E-state index contributed by atoms with van der Waals surface area (Å²) < 4.78 is 27.3. The molecule has 12 heteroatoms. The molecular formula is C21H24N6O5S. The molecule has 1 aliphatic heterocycles. The van der Waals surface area contributed by atoms with E-state index in [-0.39, 0.29) is 22.9 Å². The largest absolute Gasteiger partial charge is 0.494 e. The SMILES string of the molecule is CN1CCN(S(=O)(=O)c2ccc(-c3c(O)[nH]c4ccc(C(=O)NCC(N)=O)cc34)nc2)CC1. The number of nitrogens with two attached hydrogens (primary N) is 1. The molecule has 11 nitrogen and oxygen atoms in total. The summed E-state index contributed by atoms with van der Waals surface area (Å²) in [5.74, 6) is -1.33. The van der Waals surface area contributed by atoms with Gasteiger partial charge in [0, 0.05) is 48.8 Å². The van der Waals surface area contributed by atoms with Crippen molar-refractivity contribution in [2.75, 3.05) is 39.8 Å². The molecule has 0 atom stereocenters. The van der Waals surface area contributed by atoms with Crippen LogP contribution in [-0.4, -0.2) is 84.3 Å². The Morgan fingerprint density at radius 2 is 1.91 bits per heavy atom. The number of sulfonamides is 1. The molecular weight excluding hydrogens is 448 g/mol. The predicted octanol–water partition coefficient (Wildman–Crippen LogP) is 0.0867. The summed E-state index contributed by atoms with van der Waals surface area (Å²) in [4.78, 5) is 32.4. The van der Waals surface area contributed by atoms with Crippen LogP contribution < -0.4 is 11.1 Å². The molecule has 1 aromatic carbocycles. The Morgan fingerprint density at radius 1 is 1.18 bits per heavy atom. The Kier molecular flexibility index (Phi) is 6.06. The van der Waals surface area contributed by atoms with Gasteiger partial charge in [0.2, 0.25) is 15.9 Å². The van der Waals surface area contributed by atoms with E-state index in [2.05, 4.69) is 20.2 Å². The number of carbonyl (C=O) groups excluding carboxylic acids is 2. The van der Waals surface area contributed by atoms with Gasteiger partial charge in [0.05, 0.1) is 17.8 Å². The molecule has 3 aromatic rings. The number of nitrogens with one attached hydrogen (secondary N) is 2. The van der Waals surface area contributed by atoms with Gasteiger partial charge in [0.25, 0.3) is 5.91 Å². The lowest BCUT2D eigenvalue weighted by Gasteiger charge is -2.31. The van der Waals surface area contributed by atoms with E-state index in [1.54, 1.807) is 12.1 Å². The highest BCUT2D eigenvalue weighted by molar-refractivity contribution is 7.89. The number of aromatic hydroxyl groups is 1. The normalized spacial score (nSPS) is 15.5. The van der Waals surface area contributed by atoms with E-state index < -0.39 is 21.8 Å². The van der Waals surface area contributed by atoms with Crippen LogP contribution in [0.1, 0.15) is 10.4 Å². The third kappa shape index (κ3) is 4.53. The number of aromatic amines is 1. The first-order valence-corrected chi connectivity index (χ1v) is 11.7. The van der Waals surface area contributed by atoms with E-state index in [0.717, 1.165) is 0 Å². The number of aromatic nitrogens is 2. The zero-order chi connectivity index (χ0) is 23.8. The first-order chi connectivity index (χ1) is 15.7. The Bertz CT molecular complexity index is 1310. The molecule has 2 aromatic heterocycles. The van der Waals surface area contributed by atoms with Crippen molar-refractivity contribution >= 4 is 32.7 Å². The van der Waals surface area contributed by atoms with Crippen LogP contribution in [0.25, 0.3) is 22.2 Å². The van der Waals surface area contributed by atoms with Crippen LogP contribution in [0.15, 0.2) is 41.4 Å². The predicted molar refractivity (Wildman–Crippen MR) is 121 cm³/mol. The molecule has 33 heavy (non-hydrogen) atoms. The van der Waals surface area contributed by atoms with Crippen molar-refractivity contribution in [1.29, 1.82) is 0 Å². The smallest absolute Gasteiger partial charge is 0.251 e. The monoisotopic (exact) mass is 472 g/mol. The summed E-state index contributed by atoms with van der Waals surface area (Å²) in [6.07, 6.45) is 1.27. The molecule has 2 amide bonds. The van der Waals surface area contributed by atoms with Crippen LogP contribution in [0.3, 0.4) is 0 Å². The van der Waals surface area contributed by atoms with E-state index in [4.69, 9.17) is 5.73 Å². The summed E-state index contributed by atoms with van der Waals surface area (Å²) in [6, 6.07) is 7.68. The standard InChI is InChI=1S/C21H24N6O5S/c1-26-6-8-27(9-7-26)33(31,32)14-3-5-17(23-11-14)19-15-10-13(20(29)24-12-18(22)28)2-4-16(15)25-21(19)30/h2-5,10-11,25,30H,6-9,12H2,1H3,(H2,22,28)(H,24,29). The summed E-state index contributed by atoms with van der Waals surface area (Å²) in [5.41, 5.74) is 6.55. The maximum atomic E-state index is 12.9. The highest BCUT2D eigenvalue weighted by atomic mass is 32.2. The van der Waals surface area contributed by atoms with Crippen molar-refractivity contribution in [2.45, 2.75) is 4.90 Å². The van der Waals surface area contributed by atoms with E-state index in [1.165, 1.54) is 28.7 Å². The number of nitrogens with zero attached hydrogens (tertiary/aromatic N) is 3. The number of piperazine rings is 1. The van der Waals surface area contributed by atoms with Gasteiger partial charge < -0.3 is 26.0 Å². The van der Waals surface area contributed by atoms with E-state index >= 15 is 0 Å². The first-order valence-electron chi connectivity index (χ1n) is 10.2. The lowest BCUT2D eigenvalue weighted by molar-refractivity contribution is -0.117. The lowest BCUT2D eigenvalue weighted by Crippen LogP contribution is -2.47. The van der Waals surface area contributed by atoms with Gasteiger partial charge in [-0.15, -0.1) is 0 Å². The van der Waals surface area contributed by atoms with Gasteiger partial charge in [-0.3, -0.25) is 14.6 Å². The van der Waals surface area contributed by atoms with Gasteiger partial charge in [-0.05, 0) is 37.4 Å². The molecule has 1 fully saturated rings. The van der Waals surface area contributed by atoms with Crippen molar-refractivity contribution < 1.29 is 23.1 Å². The molecule has 0 aliphatic carbocycles. The van der Waals surface area contributed by atoms with Gasteiger partial charge >= 0.3 is 0 Å². The number of amides is 2. The number of carbonyl (C=O) groups is 2. The molecule has 0 spiro atoms. The summed E-state index contributed by atoms with van der Waals surface area (Å²) in [6.45, 7) is 1.83. The van der Waals surface area contributed by atoms with Crippen LogP contribution >= 0.6 is 0 Å². The van der Waals surface area contributed by atoms with Crippen molar-refractivity contribution in [3.8, 4) is 17.1 Å². The van der Waals surface area contributed by atoms with Gasteiger partial charge in [0.15, 0.2) is 5.88 Å². The second kappa shape index (κ2) is 8.81. The third-order valence-electron chi connectivity index (χ3n) is 5.56. The van der Waals surface area contributed by atoms with Crippen LogP contribution in [-0.2, 0) is 14.8 Å². The third-order valence-corrected chi connectivity index (χ3v) is 7.44. The Balaban J connectivity index is 1.64. The average molecular weight is 473 g/mol. The Labute approximate surface area is 190 Å². The number of fused-ring (bicyclic) bond motifs is 1. The van der Waals surface area contributed by atoms with Crippen molar-refractivity contribution in [1.82, 2.24) is 24.5 Å². The van der Waals surface area contributed by atoms with E-state index in [1.807, 2.05) is 7.05 Å². The zero-order valence-electron chi connectivity index (χ0n) is 17.9. The molecule has 0 unspecified atom stereocenters. The fourth-order valence-corrected chi connectivity index (χ4v) is 5.07. The molecule has 0 bridgehead atoms. The first kappa shape index (κ1) is 22.7. The van der Waals surface area contributed by atoms with Gasteiger partial charge in [0.1, 0.15) is 4.90 Å². The quantitative estimate of drug-likeness (QED) is 0.395. The number of pyridine rings is 1. The summed E-state index contributed by atoms with van der Waals surface area (Å²) >= 11 is 0. The topological polar surface area (TPSA) is 162 Å². The van der Waals surface area contributed by atoms with Crippen LogP contribution in [0.2, 0.25) is 0 Å². The highest BCUT2D eigenvalue weighted by Gasteiger charge is 2.28. The second-order valence-corrected chi connectivity index (χ2v) is 9.78. The number of H-pyrrole nitrogens is 1. The lowest BCUT2D eigenvalue weighted by atomic mass is 10.1. The Morgan fingerprint density at radius 3 is 2.55 bits per heavy atom. The number of rotatable bonds is 6. The number of benzene rings is 1. The maximum absolute atomic E-state index is 12.9. The molecule has 0 saturated carbocycles. The zero-order valence-corrected chi connectivity index (χ0v) is 18.7. The maximum Gasteiger partial charge on any atom is 0.251 e. The number of likely N-dealkylation sites (N-methyl/N-ethyl adjacent to an activating group) is 1. The second-order valence-electron chi connectivity index (χ2n) is 7.84. The molecule has 4 rings (SSSR count). The molecule has 3 heterocycles. The molecule has 174 valence electrons. The van der Waals surface area contributed by atoms with E-state index in [0.29, 0.717) is 48.3 Å². The van der Waals surface area contributed by atoms with Crippen LogP contribution in [0.4, 0.5) is 0 Å². The van der Waals surface area contributed by atoms with Crippen LogP contribution in [0.5, 0.6) is 5.88 Å². The molecule has 1 saturated heterocycles. The number of hydrogen-bond acceptors (Lipinski definition) is 7.